The number of para-hydroxylation sites is 1. The second kappa shape index (κ2) is 4.98. The molecule has 1 aliphatic rings. The van der Waals surface area contributed by atoms with E-state index < -0.39 is 9.63 Å². The first-order valence-electron chi connectivity index (χ1n) is 5.76. The largest absolute Gasteiger partial charge is 0.453 e. The van der Waals surface area contributed by atoms with Crippen molar-refractivity contribution in [2.45, 2.75) is 4.71 Å². The van der Waals surface area contributed by atoms with Crippen LogP contribution in [-0.2, 0) is 0 Å². The van der Waals surface area contributed by atoms with Crippen molar-refractivity contribution in [2.24, 2.45) is 0 Å². The van der Waals surface area contributed by atoms with Crippen molar-refractivity contribution >= 4 is 28.9 Å². The number of fused-ring (bicyclic) bond motifs is 1. The van der Waals surface area contributed by atoms with Crippen LogP contribution in [0.3, 0.4) is 0 Å². The Labute approximate surface area is 128 Å². The van der Waals surface area contributed by atoms with Crippen LogP contribution in [0.25, 0.3) is 0 Å². The fourth-order valence-corrected chi connectivity index (χ4v) is 2.11. The molecule has 1 heterocycles. The van der Waals surface area contributed by atoms with Gasteiger partial charge in [0.05, 0.1) is 4.92 Å². The molecule has 0 saturated carbocycles. The Balaban J connectivity index is 1.87. The van der Waals surface area contributed by atoms with E-state index in [-0.39, 0.29) is 11.4 Å². The van der Waals surface area contributed by atoms with E-state index in [4.69, 9.17) is 37.4 Å². The molecule has 1 aliphatic heterocycles. The Hall–Kier alpha value is -2.18. The summed E-state index contributed by atoms with van der Waals surface area (Å²) in [6.07, 6.45) is 0. The number of benzene rings is 2. The fourth-order valence-electron chi connectivity index (χ4n) is 1.79. The summed E-state index contributed by atoms with van der Waals surface area (Å²) in [5, 5.41) is 10.6. The minimum atomic E-state index is -1.79. The third-order valence-electron chi connectivity index (χ3n) is 2.67. The van der Waals surface area contributed by atoms with Gasteiger partial charge in [0.2, 0.25) is 5.75 Å². The summed E-state index contributed by atoms with van der Waals surface area (Å²) in [4.78, 5) is 10.1. The maximum absolute atomic E-state index is 10.6. The molecule has 0 aliphatic carbocycles. The summed E-state index contributed by atoms with van der Waals surface area (Å²) in [5.41, 5.74) is -0.0271. The van der Waals surface area contributed by atoms with Crippen LogP contribution in [0, 0.1) is 10.1 Å². The van der Waals surface area contributed by atoms with E-state index in [2.05, 4.69) is 0 Å². The van der Waals surface area contributed by atoms with E-state index in [0.29, 0.717) is 17.2 Å². The molecule has 0 fully saturated rings. The molecule has 0 spiro atoms. The second-order valence-corrected chi connectivity index (χ2v) is 5.29. The van der Waals surface area contributed by atoms with Crippen molar-refractivity contribution < 1.29 is 19.1 Å². The number of ether oxygens (including phenoxy) is 3. The van der Waals surface area contributed by atoms with Gasteiger partial charge in [0.15, 0.2) is 11.5 Å². The lowest BCUT2D eigenvalue weighted by molar-refractivity contribution is -0.384. The number of alkyl halides is 2. The first-order valence-corrected chi connectivity index (χ1v) is 6.51. The van der Waals surface area contributed by atoms with Gasteiger partial charge in [0.25, 0.3) is 5.69 Å². The average Bonchev–Trinajstić information content (AvgIpc) is 2.74. The van der Waals surface area contributed by atoms with Gasteiger partial charge in [-0.15, -0.1) is 0 Å². The molecule has 0 N–H and O–H groups in total. The molecule has 3 rings (SSSR count). The van der Waals surface area contributed by atoms with Crippen LogP contribution in [0.5, 0.6) is 23.0 Å². The van der Waals surface area contributed by atoms with Gasteiger partial charge in [-0.25, -0.2) is 0 Å². The van der Waals surface area contributed by atoms with Crippen LogP contribution in [0.15, 0.2) is 42.5 Å². The third-order valence-corrected chi connectivity index (χ3v) is 2.98. The number of non-ortho nitro benzene ring substituents is 1. The standard InChI is InChI=1S/C13H7Cl2NO5/c14-13(15)20-11-3-1-2-10(12(11)21-13)19-9-6-4-8(5-7-9)16(17)18/h1-7H. The highest BCUT2D eigenvalue weighted by molar-refractivity contribution is 6.46. The number of nitrogens with zero attached hydrogens (tertiary/aromatic N) is 1. The van der Waals surface area contributed by atoms with E-state index in [0.717, 1.165) is 0 Å². The predicted octanol–water partition coefficient (Wildman–Crippen LogP) is 4.25. The van der Waals surface area contributed by atoms with Crippen LogP contribution in [0.2, 0.25) is 0 Å². The van der Waals surface area contributed by atoms with E-state index in [1.165, 1.54) is 24.3 Å². The molecular weight excluding hydrogens is 321 g/mol. The maximum Gasteiger partial charge on any atom is 0.419 e. The summed E-state index contributed by atoms with van der Waals surface area (Å²) in [6, 6.07) is 10.6. The molecule has 8 heteroatoms. The minimum absolute atomic E-state index is 0.0271. The van der Waals surface area contributed by atoms with Crippen molar-refractivity contribution in [3.05, 3.63) is 52.6 Å². The summed E-state index contributed by atoms with van der Waals surface area (Å²) in [6.45, 7) is 0. The molecule has 0 radical (unpaired) electrons. The van der Waals surface area contributed by atoms with E-state index in [9.17, 15) is 10.1 Å². The molecule has 0 saturated heterocycles. The topological polar surface area (TPSA) is 70.8 Å². The molecule has 2 aromatic carbocycles. The van der Waals surface area contributed by atoms with Crippen molar-refractivity contribution in [1.82, 2.24) is 0 Å². The highest BCUT2D eigenvalue weighted by Crippen LogP contribution is 2.49. The molecule has 0 atom stereocenters. The molecule has 21 heavy (non-hydrogen) atoms. The van der Waals surface area contributed by atoms with Crippen LogP contribution in [-0.4, -0.2) is 9.63 Å². The smallest absolute Gasteiger partial charge is 0.419 e. The van der Waals surface area contributed by atoms with Gasteiger partial charge in [0, 0.05) is 12.1 Å². The third kappa shape index (κ3) is 2.81. The van der Waals surface area contributed by atoms with Gasteiger partial charge >= 0.3 is 4.71 Å². The van der Waals surface area contributed by atoms with E-state index in [1.54, 1.807) is 18.2 Å². The summed E-state index contributed by atoms with van der Waals surface area (Å²) < 4.78 is 14.2. The number of nitro benzene ring substituents is 1. The zero-order chi connectivity index (χ0) is 15.0. The fraction of sp³-hybridized carbons (Fsp3) is 0.0769. The quantitative estimate of drug-likeness (QED) is 0.479. The lowest BCUT2D eigenvalue weighted by Crippen LogP contribution is -2.22. The van der Waals surface area contributed by atoms with Crippen LogP contribution >= 0.6 is 23.2 Å². The van der Waals surface area contributed by atoms with E-state index in [1.807, 2.05) is 0 Å². The Morgan fingerprint density at radius 1 is 1.10 bits per heavy atom. The van der Waals surface area contributed by atoms with Gasteiger partial charge in [-0.3, -0.25) is 10.1 Å². The zero-order valence-electron chi connectivity index (χ0n) is 10.3. The van der Waals surface area contributed by atoms with Gasteiger partial charge in [0.1, 0.15) is 5.75 Å². The van der Waals surface area contributed by atoms with Crippen LogP contribution in [0.4, 0.5) is 5.69 Å². The highest BCUT2D eigenvalue weighted by Gasteiger charge is 2.39. The Kier molecular flexibility index (Phi) is 3.27. The molecular formula is C13H7Cl2NO5. The van der Waals surface area contributed by atoms with Crippen molar-refractivity contribution in [3.63, 3.8) is 0 Å². The number of halogens is 2. The monoisotopic (exact) mass is 327 g/mol. The Morgan fingerprint density at radius 3 is 2.48 bits per heavy atom. The Morgan fingerprint density at radius 2 is 1.81 bits per heavy atom. The SMILES string of the molecule is O=[N+]([O-])c1ccc(Oc2cccc3c2OC(Cl)(Cl)O3)cc1. The van der Waals surface area contributed by atoms with Crippen molar-refractivity contribution in [3.8, 4) is 23.0 Å². The van der Waals surface area contributed by atoms with E-state index >= 15 is 0 Å². The lowest BCUT2D eigenvalue weighted by atomic mass is 10.3. The number of rotatable bonds is 3. The normalized spacial score (nSPS) is 14.8. The van der Waals surface area contributed by atoms with Crippen molar-refractivity contribution in [2.75, 3.05) is 0 Å². The minimum Gasteiger partial charge on any atom is -0.453 e. The summed E-state index contributed by atoms with van der Waals surface area (Å²) in [7, 11) is 0. The van der Waals surface area contributed by atoms with Crippen LogP contribution in [0.1, 0.15) is 0 Å². The molecule has 6 nitrogen and oxygen atoms in total. The highest BCUT2D eigenvalue weighted by atomic mass is 35.5. The number of hydrogen-bond donors (Lipinski definition) is 0. The van der Waals surface area contributed by atoms with Crippen LogP contribution < -0.4 is 14.2 Å². The van der Waals surface area contributed by atoms with Crippen molar-refractivity contribution in [1.29, 1.82) is 0 Å². The summed E-state index contributed by atoms with van der Waals surface area (Å²) >= 11 is 11.5. The molecule has 0 bridgehead atoms. The van der Waals surface area contributed by atoms with Gasteiger partial charge < -0.3 is 14.2 Å². The Bertz CT molecular complexity index is 702. The number of nitro groups is 1. The lowest BCUT2D eigenvalue weighted by Gasteiger charge is -2.11. The molecule has 0 unspecified atom stereocenters. The molecule has 2 aromatic rings. The second-order valence-electron chi connectivity index (χ2n) is 4.10. The molecule has 0 amide bonds. The molecule has 0 aromatic heterocycles. The zero-order valence-corrected chi connectivity index (χ0v) is 11.8. The summed E-state index contributed by atoms with van der Waals surface area (Å²) in [5.74, 6) is 1.35. The van der Waals surface area contributed by atoms with Gasteiger partial charge in [-0.2, -0.15) is 0 Å². The number of hydrogen-bond acceptors (Lipinski definition) is 5. The average molecular weight is 328 g/mol. The molecule has 108 valence electrons. The van der Waals surface area contributed by atoms with Gasteiger partial charge in [-0.1, -0.05) is 6.07 Å². The predicted molar refractivity (Wildman–Crippen MR) is 75.3 cm³/mol. The first-order chi connectivity index (χ1) is 9.94. The van der Waals surface area contributed by atoms with Gasteiger partial charge in [-0.05, 0) is 47.5 Å². The maximum atomic E-state index is 10.6. The first kappa shape index (κ1) is 13.8.